The number of amides is 2. The van der Waals surface area contributed by atoms with E-state index in [2.05, 4.69) is 25.8 Å². The molecular formula is C15H19N5O2S. The van der Waals surface area contributed by atoms with Gasteiger partial charge in [0, 0.05) is 49.4 Å². The minimum absolute atomic E-state index is 0.00339. The van der Waals surface area contributed by atoms with Crippen molar-refractivity contribution in [3.05, 3.63) is 28.3 Å². The first-order valence-corrected chi connectivity index (χ1v) is 8.48. The summed E-state index contributed by atoms with van der Waals surface area (Å²) in [5, 5.41) is 15.7. The number of aromatic nitrogens is 3. The molecule has 3 N–H and O–H groups in total. The molecule has 2 aromatic rings. The summed E-state index contributed by atoms with van der Waals surface area (Å²) in [6, 6.07) is 2.11. The number of aryl methyl sites for hydroxylation is 1. The van der Waals surface area contributed by atoms with Gasteiger partial charge >= 0.3 is 0 Å². The largest absolute Gasteiger partial charge is 0.354 e. The first-order valence-electron chi connectivity index (χ1n) is 7.61. The number of nitrogens with zero attached hydrogens (tertiary/aromatic N) is 2. The average Bonchev–Trinajstić information content (AvgIpc) is 3.11. The molecule has 1 aliphatic rings. The highest BCUT2D eigenvalue weighted by Crippen LogP contribution is 2.36. The van der Waals surface area contributed by atoms with E-state index in [1.807, 2.05) is 11.4 Å². The van der Waals surface area contributed by atoms with Gasteiger partial charge in [0.2, 0.25) is 11.8 Å². The van der Waals surface area contributed by atoms with E-state index in [0.29, 0.717) is 24.6 Å². The molecule has 23 heavy (non-hydrogen) atoms. The maximum Gasteiger partial charge on any atom is 0.225 e. The van der Waals surface area contributed by atoms with Crippen molar-refractivity contribution in [2.24, 2.45) is 0 Å². The van der Waals surface area contributed by atoms with Crippen LogP contribution in [0.4, 0.5) is 5.82 Å². The molecule has 2 amide bonds. The molecular weight excluding hydrogens is 314 g/mol. The summed E-state index contributed by atoms with van der Waals surface area (Å²) in [4.78, 5) is 27.0. The molecule has 1 aliphatic carbocycles. The van der Waals surface area contributed by atoms with E-state index in [1.165, 1.54) is 6.92 Å². The number of carbonyl (C=O) groups excluding carboxylic acids is 2. The number of hydrogen-bond acceptors (Lipinski definition) is 5. The molecule has 3 rings (SSSR count). The second-order valence-electron chi connectivity index (χ2n) is 5.75. The third kappa shape index (κ3) is 4.16. The van der Waals surface area contributed by atoms with E-state index in [9.17, 15) is 9.59 Å². The van der Waals surface area contributed by atoms with Gasteiger partial charge in [-0.15, -0.1) is 11.3 Å². The fourth-order valence-electron chi connectivity index (χ4n) is 2.68. The molecule has 0 aromatic carbocycles. The molecule has 1 fully saturated rings. The highest BCUT2D eigenvalue weighted by atomic mass is 32.1. The maximum absolute atomic E-state index is 11.9. The average molecular weight is 333 g/mol. The van der Waals surface area contributed by atoms with Crippen LogP contribution >= 0.6 is 11.3 Å². The molecule has 122 valence electrons. The van der Waals surface area contributed by atoms with Gasteiger partial charge in [-0.1, -0.05) is 0 Å². The van der Waals surface area contributed by atoms with Crippen LogP contribution in [0, 0.1) is 0 Å². The SMILES string of the molecule is CC(=O)NC1CC(c2cc(NC(=O)CCc3nccs3)[nH]n2)C1. The van der Waals surface area contributed by atoms with E-state index < -0.39 is 0 Å². The Morgan fingerprint density at radius 3 is 2.96 bits per heavy atom. The van der Waals surface area contributed by atoms with Crippen LogP contribution in [0.5, 0.6) is 0 Å². The second kappa shape index (κ2) is 6.91. The summed E-state index contributed by atoms with van der Waals surface area (Å²) in [7, 11) is 0. The van der Waals surface area contributed by atoms with Crippen LogP contribution in [0.1, 0.15) is 42.8 Å². The lowest BCUT2D eigenvalue weighted by Gasteiger charge is -2.34. The Morgan fingerprint density at radius 1 is 1.43 bits per heavy atom. The minimum Gasteiger partial charge on any atom is -0.354 e. The highest BCUT2D eigenvalue weighted by Gasteiger charge is 2.32. The van der Waals surface area contributed by atoms with E-state index in [4.69, 9.17) is 0 Å². The summed E-state index contributed by atoms with van der Waals surface area (Å²) in [5.41, 5.74) is 0.932. The van der Waals surface area contributed by atoms with Crippen LogP contribution in [0.25, 0.3) is 0 Å². The smallest absolute Gasteiger partial charge is 0.225 e. The van der Waals surface area contributed by atoms with Gasteiger partial charge in [-0.05, 0) is 12.8 Å². The first kappa shape index (κ1) is 15.7. The molecule has 0 atom stereocenters. The Balaban J connectivity index is 1.44. The number of anilines is 1. The van der Waals surface area contributed by atoms with Gasteiger partial charge in [0.15, 0.2) is 0 Å². The molecule has 0 saturated heterocycles. The van der Waals surface area contributed by atoms with Gasteiger partial charge in [0.1, 0.15) is 5.82 Å². The van der Waals surface area contributed by atoms with Gasteiger partial charge in [-0.25, -0.2) is 4.98 Å². The van der Waals surface area contributed by atoms with Crippen LogP contribution in [0.15, 0.2) is 17.6 Å². The lowest BCUT2D eigenvalue weighted by atomic mass is 9.78. The monoisotopic (exact) mass is 333 g/mol. The van der Waals surface area contributed by atoms with E-state index in [-0.39, 0.29) is 17.9 Å². The predicted octanol–water partition coefficient (Wildman–Crippen LogP) is 1.82. The Labute approximate surface area is 137 Å². The number of hydrogen-bond donors (Lipinski definition) is 3. The zero-order valence-electron chi connectivity index (χ0n) is 12.8. The highest BCUT2D eigenvalue weighted by molar-refractivity contribution is 7.09. The van der Waals surface area contributed by atoms with Crippen molar-refractivity contribution in [2.45, 2.75) is 44.6 Å². The number of aromatic amines is 1. The van der Waals surface area contributed by atoms with Crippen molar-refractivity contribution < 1.29 is 9.59 Å². The van der Waals surface area contributed by atoms with Crippen molar-refractivity contribution in [3.8, 4) is 0 Å². The summed E-state index contributed by atoms with van der Waals surface area (Å²) in [5.74, 6) is 0.903. The van der Waals surface area contributed by atoms with Crippen LogP contribution in [0.3, 0.4) is 0 Å². The molecule has 0 aliphatic heterocycles. The van der Waals surface area contributed by atoms with E-state index >= 15 is 0 Å². The van der Waals surface area contributed by atoms with Crippen molar-refractivity contribution in [1.82, 2.24) is 20.5 Å². The Kier molecular flexibility index (Phi) is 4.71. The predicted molar refractivity (Wildman–Crippen MR) is 87.2 cm³/mol. The standard InChI is InChI=1S/C15H19N5O2S/c1-9(21)17-11-6-10(7-11)12-8-13(20-19-12)18-14(22)2-3-15-16-4-5-23-15/h4-5,8,10-11H,2-3,6-7H2,1H3,(H,17,21)(H2,18,19,20,22). The molecule has 0 radical (unpaired) electrons. The van der Waals surface area contributed by atoms with Crippen molar-refractivity contribution >= 4 is 29.0 Å². The second-order valence-corrected chi connectivity index (χ2v) is 6.73. The number of rotatable bonds is 6. The fourth-order valence-corrected chi connectivity index (χ4v) is 3.31. The van der Waals surface area contributed by atoms with Crippen molar-refractivity contribution in [3.63, 3.8) is 0 Å². The summed E-state index contributed by atoms with van der Waals surface area (Å²) < 4.78 is 0. The van der Waals surface area contributed by atoms with Crippen LogP contribution in [0.2, 0.25) is 0 Å². The third-order valence-electron chi connectivity index (χ3n) is 3.88. The van der Waals surface area contributed by atoms with Crippen molar-refractivity contribution in [1.29, 1.82) is 0 Å². The minimum atomic E-state index is -0.0554. The van der Waals surface area contributed by atoms with Gasteiger partial charge < -0.3 is 10.6 Å². The maximum atomic E-state index is 11.9. The first-order chi connectivity index (χ1) is 11.1. The van der Waals surface area contributed by atoms with Gasteiger partial charge in [0.05, 0.1) is 10.7 Å². The van der Waals surface area contributed by atoms with E-state index in [1.54, 1.807) is 17.5 Å². The van der Waals surface area contributed by atoms with Crippen LogP contribution in [-0.4, -0.2) is 33.0 Å². The number of thiazole rings is 1. The Hall–Kier alpha value is -2.22. The molecule has 2 heterocycles. The topological polar surface area (TPSA) is 99.8 Å². The fraction of sp³-hybridized carbons (Fsp3) is 0.467. The van der Waals surface area contributed by atoms with Gasteiger partial charge in [-0.2, -0.15) is 5.10 Å². The molecule has 0 unspecified atom stereocenters. The van der Waals surface area contributed by atoms with Gasteiger partial charge in [0.25, 0.3) is 0 Å². The Bertz CT molecular complexity index is 676. The summed E-state index contributed by atoms with van der Waals surface area (Å²) >= 11 is 1.55. The summed E-state index contributed by atoms with van der Waals surface area (Å²) in [6.07, 6.45) is 4.57. The number of nitrogens with one attached hydrogen (secondary N) is 3. The molecule has 1 saturated carbocycles. The molecule has 7 nitrogen and oxygen atoms in total. The lowest BCUT2D eigenvalue weighted by molar-refractivity contribution is -0.120. The number of carbonyl (C=O) groups is 2. The van der Waals surface area contributed by atoms with Gasteiger partial charge in [-0.3, -0.25) is 14.7 Å². The molecule has 0 bridgehead atoms. The lowest BCUT2D eigenvalue weighted by Crippen LogP contribution is -2.42. The summed E-state index contributed by atoms with van der Waals surface area (Å²) in [6.45, 7) is 1.53. The third-order valence-corrected chi connectivity index (χ3v) is 4.72. The molecule has 8 heteroatoms. The quantitative estimate of drug-likeness (QED) is 0.751. The van der Waals surface area contributed by atoms with Crippen LogP contribution in [-0.2, 0) is 16.0 Å². The molecule has 2 aromatic heterocycles. The zero-order valence-corrected chi connectivity index (χ0v) is 13.7. The number of H-pyrrole nitrogens is 1. The Morgan fingerprint density at radius 2 is 2.26 bits per heavy atom. The van der Waals surface area contributed by atoms with Crippen LogP contribution < -0.4 is 10.6 Å². The molecule has 0 spiro atoms. The van der Waals surface area contributed by atoms with E-state index in [0.717, 1.165) is 23.5 Å². The zero-order chi connectivity index (χ0) is 16.2. The normalized spacial score (nSPS) is 19.9. The van der Waals surface area contributed by atoms with Crippen molar-refractivity contribution in [2.75, 3.05) is 5.32 Å².